The van der Waals surface area contributed by atoms with Crippen LogP contribution in [0.1, 0.15) is 37.4 Å². The number of ether oxygens (including phenoxy) is 1. The van der Waals surface area contributed by atoms with Gasteiger partial charge in [-0.1, -0.05) is 5.16 Å². The first-order valence-corrected chi connectivity index (χ1v) is 5.83. The van der Waals surface area contributed by atoms with Gasteiger partial charge in [-0.05, 0) is 32.6 Å². The van der Waals surface area contributed by atoms with Crippen LogP contribution >= 0.6 is 0 Å². The number of methoxy groups -OCH3 is 1. The maximum atomic E-state index is 5.39. The fourth-order valence-electron chi connectivity index (χ4n) is 2.19. The van der Waals surface area contributed by atoms with E-state index in [1.165, 1.54) is 19.3 Å². The quantitative estimate of drug-likeness (QED) is 0.839. The Morgan fingerprint density at radius 3 is 3.06 bits per heavy atom. The van der Waals surface area contributed by atoms with Crippen molar-refractivity contribution in [3.63, 3.8) is 0 Å². The number of rotatable bonds is 4. The van der Waals surface area contributed by atoms with E-state index in [1.807, 2.05) is 6.92 Å². The van der Waals surface area contributed by atoms with Gasteiger partial charge in [0.2, 0.25) is 5.89 Å². The Bertz CT molecular complexity index is 327. The Morgan fingerprint density at radius 2 is 2.38 bits per heavy atom. The number of nitrogens with one attached hydrogen (secondary N) is 1. The first kappa shape index (κ1) is 11.5. The summed E-state index contributed by atoms with van der Waals surface area (Å²) in [7, 11) is 1.79. The highest BCUT2D eigenvalue weighted by Crippen LogP contribution is 2.20. The summed E-state index contributed by atoms with van der Waals surface area (Å²) in [6.45, 7) is 2.48. The highest BCUT2D eigenvalue weighted by molar-refractivity contribution is 4.85. The number of aromatic nitrogens is 2. The van der Waals surface area contributed by atoms with Crippen molar-refractivity contribution >= 4 is 0 Å². The molecule has 1 saturated carbocycles. The van der Waals surface area contributed by atoms with Crippen molar-refractivity contribution in [1.82, 2.24) is 15.5 Å². The summed E-state index contributed by atoms with van der Waals surface area (Å²) in [5.41, 5.74) is 0. The van der Waals surface area contributed by atoms with Crippen LogP contribution < -0.4 is 5.32 Å². The molecule has 0 radical (unpaired) electrons. The fourth-order valence-corrected chi connectivity index (χ4v) is 2.19. The van der Waals surface area contributed by atoms with Crippen LogP contribution in [0, 0.1) is 6.92 Å². The Balaban J connectivity index is 1.77. The monoisotopic (exact) mass is 225 g/mol. The van der Waals surface area contributed by atoms with Crippen molar-refractivity contribution in [3.8, 4) is 0 Å². The van der Waals surface area contributed by atoms with Gasteiger partial charge in [0.1, 0.15) is 0 Å². The Labute approximate surface area is 95.6 Å². The lowest BCUT2D eigenvalue weighted by Gasteiger charge is -2.28. The zero-order chi connectivity index (χ0) is 11.4. The van der Waals surface area contributed by atoms with Crippen molar-refractivity contribution < 1.29 is 9.26 Å². The van der Waals surface area contributed by atoms with E-state index >= 15 is 0 Å². The number of hydrogen-bond donors (Lipinski definition) is 1. The van der Waals surface area contributed by atoms with Crippen LogP contribution in [0.4, 0.5) is 0 Å². The van der Waals surface area contributed by atoms with Crippen LogP contribution in [-0.2, 0) is 11.3 Å². The maximum absolute atomic E-state index is 5.39. The van der Waals surface area contributed by atoms with E-state index in [1.54, 1.807) is 7.11 Å². The van der Waals surface area contributed by atoms with E-state index < -0.39 is 0 Å². The van der Waals surface area contributed by atoms with Crippen LogP contribution in [0.3, 0.4) is 0 Å². The molecule has 5 nitrogen and oxygen atoms in total. The molecule has 0 aliphatic heterocycles. The highest BCUT2D eigenvalue weighted by Gasteiger charge is 2.21. The lowest BCUT2D eigenvalue weighted by Crippen LogP contribution is -2.36. The second-order valence-corrected chi connectivity index (χ2v) is 4.34. The lowest BCUT2D eigenvalue weighted by molar-refractivity contribution is 0.0581. The first-order chi connectivity index (χ1) is 7.78. The molecule has 16 heavy (non-hydrogen) atoms. The summed E-state index contributed by atoms with van der Waals surface area (Å²) >= 11 is 0. The second kappa shape index (κ2) is 5.41. The van der Waals surface area contributed by atoms with Crippen LogP contribution in [-0.4, -0.2) is 29.4 Å². The van der Waals surface area contributed by atoms with Gasteiger partial charge in [-0.2, -0.15) is 4.98 Å². The molecule has 0 amide bonds. The van der Waals surface area contributed by atoms with E-state index in [-0.39, 0.29) is 0 Å². The van der Waals surface area contributed by atoms with Crippen molar-refractivity contribution in [3.05, 3.63) is 11.7 Å². The van der Waals surface area contributed by atoms with Gasteiger partial charge >= 0.3 is 0 Å². The van der Waals surface area contributed by atoms with Crippen molar-refractivity contribution in [2.45, 2.75) is 51.3 Å². The Kier molecular flexibility index (Phi) is 3.90. The molecule has 1 aliphatic carbocycles. The largest absolute Gasteiger partial charge is 0.381 e. The van der Waals surface area contributed by atoms with Crippen LogP contribution in [0.5, 0.6) is 0 Å². The van der Waals surface area contributed by atoms with Crippen molar-refractivity contribution in [2.75, 3.05) is 7.11 Å². The SMILES string of the molecule is COC1CCCC(NCc2nc(C)no2)C1. The summed E-state index contributed by atoms with van der Waals surface area (Å²) in [6.07, 6.45) is 5.07. The molecule has 0 spiro atoms. The molecule has 2 rings (SSSR count). The van der Waals surface area contributed by atoms with Gasteiger partial charge in [0, 0.05) is 13.2 Å². The molecule has 1 aromatic rings. The first-order valence-electron chi connectivity index (χ1n) is 5.83. The minimum absolute atomic E-state index is 0.399. The van der Waals surface area contributed by atoms with Crippen molar-refractivity contribution in [1.29, 1.82) is 0 Å². The summed E-state index contributed by atoms with van der Waals surface area (Å²) in [5.74, 6) is 1.35. The van der Waals surface area contributed by atoms with Gasteiger partial charge in [0.15, 0.2) is 5.82 Å². The van der Waals surface area contributed by atoms with Gasteiger partial charge in [-0.25, -0.2) is 0 Å². The zero-order valence-corrected chi connectivity index (χ0v) is 9.90. The predicted octanol–water partition coefficient (Wildman–Crippen LogP) is 1.43. The third-order valence-corrected chi connectivity index (χ3v) is 3.07. The van der Waals surface area contributed by atoms with E-state index in [0.717, 1.165) is 6.42 Å². The maximum Gasteiger partial charge on any atom is 0.240 e. The average molecular weight is 225 g/mol. The lowest BCUT2D eigenvalue weighted by atomic mass is 9.93. The van der Waals surface area contributed by atoms with Gasteiger partial charge in [0.05, 0.1) is 12.6 Å². The fraction of sp³-hybridized carbons (Fsp3) is 0.818. The molecule has 1 N–H and O–H groups in total. The molecule has 2 unspecified atom stereocenters. The van der Waals surface area contributed by atoms with Crippen LogP contribution in [0.2, 0.25) is 0 Å². The molecule has 5 heteroatoms. The number of aryl methyl sites for hydroxylation is 1. The van der Waals surface area contributed by atoms with E-state index in [9.17, 15) is 0 Å². The summed E-state index contributed by atoms with van der Waals surface area (Å²) in [6, 6.07) is 0.505. The molecule has 1 aliphatic rings. The summed E-state index contributed by atoms with van der Waals surface area (Å²) in [4.78, 5) is 4.16. The molecule has 0 saturated heterocycles. The molecular formula is C11H19N3O2. The average Bonchev–Trinajstić information content (AvgIpc) is 2.73. The topological polar surface area (TPSA) is 60.2 Å². The van der Waals surface area contributed by atoms with Crippen molar-refractivity contribution in [2.24, 2.45) is 0 Å². The van der Waals surface area contributed by atoms with E-state index in [0.29, 0.717) is 30.4 Å². The molecule has 0 bridgehead atoms. The van der Waals surface area contributed by atoms with Crippen LogP contribution in [0.15, 0.2) is 4.52 Å². The van der Waals surface area contributed by atoms with Gasteiger partial charge in [0.25, 0.3) is 0 Å². The molecule has 1 heterocycles. The zero-order valence-electron chi connectivity index (χ0n) is 9.90. The third-order valence-electron chi connectivity index (χ3n) is 3.07. The van der Waals surface area contributed by atoms with E-state index in [4.69, 9.17) is 9.26 Å². The smallest absolute Gasteiger partial charge is 0.240 e. The minimum Gasteiger partial charge on any atom is -0.381 e. The molecule has 0 aromatic carbocycles. The summed E-state index contributed by atoms with van der Waals surface area (Å²) in [5, 5.41) is 7.20. The number of nitrogens with zero attached hydrogens (tertiary/aromatic N) is 2. The Hall–Kier alpha value is -0.940. The van der Waals surface area contributed by atoms with Gasteiger partial charge in [-0.15, -0.1) is 0 Å². The summed E-state index contributed by atoms with van der Waals surface area (Å²) < 4.78 is 10.4. The Morgan fingerprint density at radius 1 is 1.50 bits per heavy atom. The highest BCUT2D eigenvalue weighted by atomic mass is 16.5. The molecule has 2 atom stereocenters. The molecule has 1 fully saturated rings. The molecular weight excluding hydrogens is 206 g/mol. The molecule has 90 valence electrons. The van der Waals surface area contributed by atoms with Gasteiger partial charge in [-0.3, -0.25) is 0 Å². The third kappa shape index (κ3) is 3.02. The van der Waals surface area contributed by atoms with Gasteiger partial charge < -0.3 is 14.6 Å². The standard InChI is InChI=1S/C11H19N3O2/c1-8-13-11(16-14-8)7-12-9-4-3-5-10(6-9)15-2/h9-10,12H,3-7H2,1-2H3. The number of hydrogen-bond acceptors (Lipinski definition) is 5. The van der Waals surface area contributed by atoms with Crippen LogP contribution in [0.25, 0.3) is 0 Å². The molecule has 1 aromatic heterocycles. The minimum atomic E-state index is 0.399. The van der Waals surface area contributed by atoms with E-state index in [2.05, 4.69) is 15.5 Å². The predicted molar refractivity (Wildman–Crippen MR) is 58.9 cm³/mol. The second-order valence-electron chi connectivity index (χ2n) is 4.34. The normalized spacial score (nSPS) is 25.9.